The lowest BCUT2D eigenvalue weighted by Gasteiger charge is -2.22. The van der Waals surface area contributed by atoms with Gasteiger partial charge in [-0.1, -0.05) is 12.1 Å². The van der Waals surface area contributed by atoms with Gasteiger partial charge in [-0.15, -0.1) is 0 Å². The minimum Gasteiger partial charge on any atom is -0.444 e. The van der Waals surface area contributed by atoms with Crippen LogP contribution in [0.3, 0.4) is 0 Å². The Hall–Kier alpha value is -4.82. The van der Waals surface area contributed by atoms with Gasteiger partial charge in [0.25, 0.3) is 5.91 Å². The fourth-order valence-electron chi connectivity index (χ4n) is 5.69. The lowest BCUT2D eigenvalue weighted by molar-refractivity contribution is 0.0501. The highest BCUT2D eigenvalue weighted by molar-refractivity contribution is 5.99. The number of fused-ring (bicyclic) bond motifs is 1. The minimum atomic E-state index is -1.18. The molecule has 0 radical (unpaired) electrons. The average molecular weight is 633 g/mol. The first-order valence-electron chi connectivity index (χ1n) is 14.9. The Labute approximate surface area is 265 Å². The van der Waals surface area contributed by atoms with Gasteiger partial charge in [0, 0.05) is 35.8 Å². The number of amides is 2. The average Bonchev–Trinajstić information content (AvgIpc) is 3.59. The third-order valence-corrected chi connectivity index (χ3v) is 7.64. The van der Waals surface area contributed by atoms with Crippen LogP contribution >= 0.6 is 0 Å². The molecule has 1 saturated heterocycles. The van der Waals surface area contributed by atoms with E-state index in [9.17, 15) is 24.3 Å². The molecule has 1 atom stereocenters. The van der Waals surface area contributed by atoms with E-state index >= 15 is 8.78 Å². The van der Waals surface area contributed by atoms with Gasteiger partial charge in [-0.2, -0.15) is 5.26 Å². The predicted octanol–water partition coefficient (Wildman–Crippen LogP) is 6.77. The van der Waals surface area contributed by atoms with Crippen LogP contribution in [0.1, 0.15) is 57.0 Å². The van der Waals surface area contributed by atoms with Crippen molar-refractivity contribution in [3.8, 4) is 28.3 Å². The molecule has 1 fully saturated rings. The number of carbonyl (C=O) groups is 2. The summed E-state index contributed by atoms with van der Waals surface area (Å²) in [6.45, 7) is 9.02. The third-order valence-electron chi connectivity index (χ3n) is 7.64. The number of rotatable bonds is 6. The first-order valence-corrected chi connectivity index (χ1v) is 14.9. The van der Waals surface area contributed by atoms with E-state index < -0.39 is 34.7 Å². The number of halogens is 3. The molecule has 0 unspecified atom stereocenters. The normalized spacial score (nSPS) is 15.2. The van der Waals surface area contributed by atoms with Crippen LogP contribution in [0, 0.1) is 28.8 Å². The van der Waals surface area contributed by atoms with Crippen molar-refractivity contribution in [2.75, 3.05) is 13.1 Å². The molecular weight excluding hydrogens is 597 g/mol. The zero-order valence-corrected chi connectivity index (χ0v) is 26.2. The van der Waals surface area contributed by atoms with Gasteiger partial charge < -0.3 is 24.6 Å². The molecule has 11 heteroatoms. The molecule has 2 N–H and O–H groups in total. The van der Waals surface area contributed by atoms with E-state index in [1.54, 1.807) is 57.9 Å². The Morgan fingerprint density at radius 2 is 1.74 bits per heavy atom. The van der Waals surface area contributed by atoms with E-state index in [2.05, 4.69) is 5.32 Å². The van der Waals surface area contributed by atoms with Crippen molar-refractivity contribution < 1.29 is 32.6 Å². The second-order valence-corrected chi connectivity index (χ2v) is 13.2. The summed E-state index contributed by atoms with van der Waals surface area (Å²) >= 11 is 0. The summed E-state index contributed by atoms with van der Waals surface area (Å²) in [4.78, 5) is 27.4. The summed E-state index contributed by atoms with van der Waals surface area (Å²) in [6.07, 6.45) is 1.49. The summed E-state index contributed by atoms with van der Waals surface area (Å²) in [5.41, 5.74) is -1.21. The van der Waals surface area contributed by atoms with Gasteiger partial charge in [0.2, 0.25) is 0 Å². The molecule has 1 aliphatic heterocycles. The van der Waals surface area contributed by atoms with Crippen molar-refractivity contribution in [1.29, 1.82) is 5.26 Å². The molecule has 8 nitrogen and oxygen atoms in total. The van der Waals surface area contributed by atoms with Gasteiger partial charge in [0.1, 0.15) is 17.5 Å². The lowest BCUT2D eigenvalue weighted by atomic mass is 9.91. The predicted molar refractivity (Wildman–Crippen MR) is 167 cm³/mol. The van der Waals surface area contributed by atoms with E-state index in [-0.39, 0.29) is 63.9 Å². The van der Waals surface area contributed by atoms with E-state index in [1.165, 1.54) is 41.0 Å². The number of likely N-dealkylation sites (tertiary alicyclic amines) is 1. The number of ether oxygens (including phenoxy) is 1. The molecule has 2 heterocycles. The van der Waals surface area contributed by atoms with Crippen LogP contribution in [0.4, 0.5) is 18.0 Å². The number of aliphatic hydroxyl groups is 1. The number of nitriles is 1. The first-order chi connectivity index (χ1) is 21.5. The van der Waals surface area contributed by atoms with Gasteiger partial charge in [-0.25, -0.2) is 18.0 Å². The molecule has 3 aromatic carbocycles. The van der Waals surface area contributed by atoms with Crippen LogP contribution < -0.4 is 5.32 Å². The standard InChI is InChI=1S/C35H35F3N4O4/c1-34(2,3)46-33(44)40-24-11-13-41(18-24)32(43)22-8-9-25(26(15-22)20-6-7-23(17-39)28(36)16-20)27-14-21-10-12-42(19-35(4,5)45)31(21)30(38)29(27)37/h6-10,12,14-16,24,45H,11,13,18-19H2,1-5H3,(H,40,44)/t24-/m0/s1. The van der Waals surface area contributed by atoms with Crippen LogP contribution in [0.5, 0.6) is 0 Å². The Bertz CT molecular complexity index is 1880. The molecule has 0 spiro atoms. The van der Waals surface area contributed by atoms with Crippen LogP contribution in [0.15, 0.2) is 54.7 Å². The summed E-state index contributed by atoms with van der Waals surface area (Å²) in [5.74, 6) is -3.42. The monoisotopic (exact) mass is 632 g/mol. The zero-order valence-electron chi connectivity index (χ0n) is 26.2. The summed E-state index contributed by atoms with van der Waals surface area (Å²) in [7, 11) is 0. The Balaban J connectivity index is 1.54. The number of nitrogens with zero attached hydrogens (tertiary/aromatic N) is 3. The fraction of sp³-hybridized carbons (Fsp3) is 0.343. The topological polar surface area (TPSA) is 108 Å². The first kappa shape index (κ1) is 32.6. The molecular formula is C35H35F3N4O4. The van der Waals surface area contributed by atoms with E-state index in [4.69, 9.17) is 4.74 Å². The largest absolute Gasteiger partial charge is 0.444 e. The molecule has 4 aromatic rings. The maximum Gasteiger partial charge on any atom is 0.407 e. The van der Waals surface area contributed by atoms with Gasteiger partial charge in [0.15, 0.2) is 11.6 Å². The summed E-state index contributed by atoms with van der Waals surface area (Å²) in [6, 6.07) is 12.9. The van der Waals surface area contributed by atoms with E-state index in [0.717, 1.165) is 6.07 Å². The molecule has 1 aromatic heterocycles. The van der Waals surface area contributed by atoms with Crippen molar-refractivity contribution in [3.05, 3.63) is 83.3 Å². The van der Waals surface area contributed by atoms with Crippen molar-refractivity contribution in [2.45, 2.75) is 64.8 Å². The van der Waals surface area contributed by atoms with Gasteiger partial charge in [-0.3, -0.25) is 4.79 Å². The highest BCUT2D eigenvalue weighted by Gasteiger charge is 2.30. The Morgan fingerprint density at radius 3 is 2.39 bits per heavy atom. The molecule has 240 valence electrons. The molecule has 2 amide bonds. The molecule has 0 saturated carbocycles. The number of hydrogen-bond acceptors (Lipinski definition) is 5. The number of benzene rings is 3. The van der Waals surface area contributed by atoms with Crippen LogP contribution in [0.25, 0.3) is 33.2 Å². The second-order valence-electron chi connectivity index (χ2n) is 13.2. The third kappa shape index (κ3) is 6.87. The number of hydrogen-bond donors (Lipinski definition) is 2. The van der Waals surface area contributed by atoms with E-state index in [1.807, 2.05) is 0 Å². The van der Waals surface area contributed by atoms with Crippen LogP contribution in [-0.4, -0.2) is 56.9 Å². The maximum absolute atomic E-state index is 15.9. The zero-order chi connectivity index (χ0) is 33.6. The minimum absolute atomic E-state index is 0.00952. The quantitative estimate of drug-likeness (QED) is 0.244. The number of aromatic nitrogens is 1. The smallest absolute Gasteiger partial charge is 0.407 e. The molecule has 0 aliphatic carbocycles. The van der Waals surface area contributed by atoms with Crippen molar-refractivity contribution in [1.82, 2.24) is 14.8 Å². The Morgan fingerprint density at radius 1 is 1.00 bits per heavy atom. The fourth-order valence-corrected chi connectivity index (χ4v) is 5.69. The number of nitrogens with one attached hydrogen (secondary N) is 1. The van der Waals surface area contributed by atoms with Crippen LogP contribution in [-0.2, 0) is 11.3 Å². The van der Waals surface area contributed by atoms with Crippen molar-refractivity contribution in [2.24, 2.45) is 0 Å². The van der Waals surface area contributed by atoms with E-state index in [0.29, 0.717) is 18.4 Å². The second kappa shape index (κ2) is 12.2. The summed E-state index contributed by atoms with van der Waals surface area (Å²) < 4.78 is 53.1. The highest BCUT2D eigenvalue weighted by atomic mass is 19.2. The van der Waals surface area contributed by atoms with Gasteiger partial charge in [0.05, 0.1) is 29.3 Å². The highest BCUT2D eigenvalue weighted by Crippen LogP contribution is 2.39. The van der Waals surface area contributed by atoms with Crippen molar-refractivity contribution in [3.63, 3.8) is 0 Å². The molecule has 1 aliphatic rings. The van der Waals surface area contributed by atoms with Crippen LogP contribution in [0.2, 0.25) is 0 Å². The summed E-state index contributed by atoms with van der Waals surface area (Å²) in [5, 5.41) is 22.7. The number of alkyl carbamates (subject to hydrolysis) is 1. The van der Waals surface area contributed by atoms with Gasteiger partial charge in [-0.05, 0) is 94.1 Å². The Kier molecular flexibility index (Phi) is 8.62. The van der Waals surface area contributed by atoms with Crippen molar-refractivity contribution >= 4 is 22.9 Å². The number of carbonyl (C=O) groups excluding carboxylic acids is 2. The molecule has 5 rings (SSSR count). The molecule has 46 heavy (non-hydrogen) atoms. The van der Waals surface area contributed by atoms with Gasteiger partial charge >= 0.3 is 6.09 Å². The lowest BCUT2D eigenvalue weighted by Crippen LogP contribution is -2.41. The molecule has 0 bridgehead atoms. The SMILES string of the molecule is CC(C)(O)Cn1ccc2cc(-c3ccc(C(=O)N4CC[C@H](NC(=O)OC(C)(C)C)C4)cc3-c3ccc(C#N)c(F)c3)c(F)c(F)c21. The maximum atomic E-state index is 15.9.